The summed E-state index contributed by atoms with van der Waals surface area (Å²) in [5.74, 6) is -1.05. The van der Waals surface area contributed by atoms with E-state index in [2.05, 4.69) is 5.10 Å². The summed E-state index contributed by atoms with van der Waals surface area (Å²) in [7, 11) is 0. The Morgan fingerprint density at radius 1 is 1.32 bits per heavy atom. The molecule has 2 aliphatic rings. The van der Waals surface area contributed by atoms with Crippen molar-refractivity contribution < 1.29 is 27.1 Å². The Kier molecular flexibility index (Phi) is 5.47. The Balaban J connectivity index is 1.88. The quantitative estimate of drug-likeness (QED) is 0.704. The average Bonchev–Trinajstić information content (AvgIpc) is 3.11. The standard InChI is InChI=1S/C21H19F4N3O2S/c1-12(29)28-20(14(8-9-26)11-30-18-5-3-2-4-16(18)20)31-19(27-28)15-10-13(21(23,24)25)6-7-17(15)22/h2-7,10,14H,8-9,11,26H2,1H3/t14-,20+/m0/s1. The molecule has 2 N–H and O–H groups in total. The fourth-order valence-electron chi connectivity index (χ4n) is 3.97. The number of nitrogens with zero attached hydrogens (tertiary/aromatic N) is 2. The highest BCUT2D eigenvalue weighted by atomic mass is 32.2. The number of alkyl halides is 3. The van der Waals surface area contributed by atoms with Gasteiger partial charge in [0.2, 0.25) is 5.91 Å². The van der Waals surface area contributed by atoms with Gasteiger partial charge in [0.25, 0.3) is 0 Å². The van der Waals surface area contributed by atoms with Crippen molar-refractivity contribution in [1.82, 2.24) is 5.01 Å². The molecule has 0 saturated carbocycles. The number of carbonyl (C=O) groups excluding carboxylic acids is 1. The monoisotopic (exact) mass is 453 g/mol. The van der Waals surface area contributed by atoms with E-state index in [-0.39, 0.29) is 23.1 Å². The van der Waals surface area contributed by atoms with Crippen LogP contribution in [0.25, 0.3) is 0 Å². The topological polar surface area (TPSA) is 67.9 Å². The lowest BCUT2D eigenvalue weighted by atomic mass is 9.86. The summed E-state index contributed by atoms with van der Waals surface area (Å²) >= 11 is 1.06. The minimum Gasteiger partial charge on any atom is -0.493 e. The fourth-order valence-corrected chi connectivity index (χ4v) is 5.54. The second-order valence-corrected chi connectivity index (χ2v) is 8.52. The van der Waals surface area contributed by atoms with Gasteiger partial charge in [-0.25, -0.2) is 9.40 Å². The summed E-state index contributed by atoms with van der Waals surface area (Å²) in [4.78, 5) is 11.5. The van der Waals surface area contributed by atoms with Crippen molar-refractivity contribution in [3.8, 4) is 5.75 Å². The summed E-state index contributed by atoms with van der Waals surface area (Å²) in [5.41, 5.74) is 5.14. The maximum atomic E-state index is 14.6. The Bertz CT molecular complexity index is 1060. The lowest BCUT2D eigenvalue weighted by molar-refractivity contribution is -0.137. The Morgan fingerprint density at radius 2 is 2.06 bits per heavy atom. The van der Waals surface area contributed by atoms with E-state index in [1.807, 2.05) is 0 Å². The summed E-state index contributed by atoms with van der Waals surface area (Å²) < 4.78 is 60.2. The van der Waals surface area contributed by atoms with Crippen molar-refractivity contribution in [3.63, 3.8) is 0 Å². The van der Waals surface area contributed by atoms with Crippen molar-refractivity contribution in [2.75, 3.05) is 13.2 Å². The zero-order chi connectivity index (χ0) is 22.4. The van der Waals surface area contributed by atoms with Gasteiger partial charge in [0.05, 0.1) is 12.2 Å². The SMILES string of the molecule is CC(=O)N1N=C(c2cc(C(F)(F)F)ccc2F)S[C@]12c1ccccc1OC[C@@H]2CCN. The van der Waals surface area contributed by atoms with Gasteiger partial charge in [-0.1, -0.05) is 30.0 Å². The molecule has 1 spiro atoms. The van der Waals surface area contributed by atoms with E-state index < -0.39 is 28.3 Å². The molecule has 164 valence electrons. The van der Waals surface area contributed by atoms with Crippen LogP contribution in [0.4, 0.5) is 17.6 Å². The molecule has 2 heterocycles. The van der Waals surface area contributed by atoms with Crippen LogP contribution in [0.15, 0.2) is 47.6 Å². The molecule has 0 bridgehead atoms. The first-order valence-electron chi connectivity index (χ1n) is 9.56. The summed E-state index contributed by atoms with van der Waals surface area (Å²) in [6, 6.07) is 9.25. The Morgan fingerprint density at radius 3 is 2.74 bits per heavy atom. The first-order valence-corrected chi connectivity index (χ1v) is 10.4. The molecule has 2 aliphatic heterocycles. The lowest BCUT2D eigenvalue weighted by Crippen LogP contribution is -2.51. The number of ether oxygens (including phenoxy) is 1. The van der Waals surface area contributed by atoms with Crippen LogP contribution in [0.2, 0.25) is 0 Å². The predicted octanol–water partition coefficient (Wildman–Crippen LogP) is 4.31. The second kappa shape index (κ2) is 7.83. The van der Waals surface area contributed by atoms with Gasteiger partial charge >= 0.3 is 6.18 Å². The number of hydrogen-bond donors (Lipinski definition) is 1. The third-order valence-electron chi connectivity index (χ3n) is 5.36. The van der Waals surface area contributed by atoms with E-state index in [9.17, 15) is 22.4 Å². The number of rotatable bonds is 3. The zero-order valence-electron chi connectivity index (χ0n) is 16.4. The van der Waals surface area contributed by atoms with Gasteiger partial charge in [0.15, 0.2) is 4.87 Å². The molecule has 10 heteroatoms. The predicted molar refractivity (Wildman–Crippen MR) is 109 cm³/mol. The largest absolute Gasteiger partial charge is 0.493 e. The van der Waals surface area contributed by atoms with Crippen molar-refractivity contribution >= 4 is 22.7 Å². The van der Waals surface area contributed by atoms with Crippen LogP contribution in [0.5, 0.6) is 5.75 Å². The van der Waals surface area contributed by atoms with Crippen LogP contribution in [0.3, 0.4) is 0 Å². The Labute approximate surface area is 180 Å². The number of hydrogen-bond acceptors (Lipinski definition) is 5. The van der Waals surface area contributed by atoms with Gasteiger partial charge in [-0.3, -0.25) is 4.79 Å². The number of hydrazone groups is 1. The highest BCUT2D eigenvalue weighted by Gasteiger charge is 2.56. The third-order valence-corrected chi connectivity index (χ3v) is 6.89. The molecular formula is C21H19F4N3O2S. The van der Waals surface area contributed by atoms with Gasteiger partial charge in [0.1, 0.15) is 16.6 Å². The smallest absolute Gasteiger partial charge is 0.416 e. The fraction of sp³-hybridized carbons (Fsp3) is 0.333. The molecule has 1 amide bonds. The summed E-state index contributed by atoms with van der Waals surface area (Å²) in [6.07, 6.45) is -4.17. The van der Waals surface area contributed by atoms with Gasteiger partial charge < -0.3 is 10.5 Å². The number of para-hydroxylation sites is 1. The number of thioether (sulfide) groups is 1. The molecule has 2 aromatic carbocycles. The molecule has 2 aromatic rings. The van der Waals surface area contributed by atoms with Gasteiger partial charge in [-0.15, -0.1) is 0 Å². The maximum Gasteiger partial charge on any atom is 0.416 e. The van der Waals surface area contributed by atoms with Crippen molar-refractivity contribution in [2.24, 2.45) is 16.8 Å². The van der Waals surface area contributed by atoms with Crippen LogP contribution >= 0.6 is 11.8 Å². The van der Waals surface area contributed by atoms with Crippen molar-refractivity contribution in [1.29, 1.82) is 0 Å². The highest BCUT2D eigenvalue weighted by molar-refractivity contribution is 8.15. The molecule has 4 rings (SSSR count). The second-order valence-electron chi connectivity index (χ2n) is 7.31. The molecule has 5 nitrogen and oxygen atoms in total. The molecule has 2 atom stereocenters. The molecule has 0 fully saturated rings. The first kappa shape index (κ1) is 21.6. The molecule has 0 unspecified atom stereocenters. The molecule has 31 heavy (non-hydrogen) atoms. The molecule has 0 radical (unpaired) electrons. The normalized spacial score (nSPS) is 22.8. The number of fused-ring (bicyclic) bond motifs is 2. The maximum absolute atomic E-state index is 14.6. The minimum atomic E-state index is -4.64. The number of carbonyl (C=O) groups is 1. The van der Waals surface area contributed by atoms with E-state index in [0.29, 0.717) is 30.3 Å². The molecule has 0 saturated heterocycles. The van der Waals surface area contributed by atoms with Crippen LogP contribution in [0, 0.1) is 11.7 Å². The van der Waals surface area contributed by atoms with E-state index in [1.54, 1.807) is 24.3 Å². The average molecular weight is 453 g/mol. The highest BCUT2D eigenvalue weighted by Crippen LogP contribution is 2.57. The van der Waals surface area contributed by atoms with E-state index in [0.717, 1.165) is 23.9 Å². The third kappa shape index (κ3) is 3.57. The van der Waals surface area contributed by atoms with E-state index >= 15 is 0 Å². The summed E-state index contributed by atoms with van der Waals surface area (Å²) in [5, 5.41) is 5.54. The van der Waals surface area contributed by atoms with Crippen molar-refractivity contribution in [3.05, 3.63) is 65.0 Å². The molecule has 0 aromatic heterocycles. The van der Waals surface area contributed by atoms with E-state index in [1.165, 1.54) is 11.9 Å². The number of nitrogens with two attached hydrogens (primary N) is 1. The van der Waals surface area contributed by atoms with Crippen LogP contribution in [-0.2, 0) is 15.8 Å². The van der Waals surface area contributed by atoms with Crippen molar-refractivity contribution in [2.45, 2.75) is 24.4 Å². The molecule has 0 aliphatic carbocycles. The van der Waals surface area contributed by atoms with Crippen LogP contribution in [0.1, 0.15) is 30.0 Å². The van der Waals surface area contributed by atoms with Crippen LogP contribution < -0.4 is 10.5 Å². The lowest BCUT2D eigenvalue weighted by Gasteiger charge is -2.45. The van der Waals surface area contributed by atoms with E-state index in [4.69, 9.17) is 10.5 Å². The molecular weight excluding hydrogens is 434 g/mol. The van der Waals surface area contributed by atoms with Gasteiger partial charge in [0, 0.05) is 24.0 Å². The minimum absolute atomic E-state index is 0.00229. The van der Waals surface area contributed by atoms with Gasteiger partial charge in [-0.05, 0) is 37.2 Å². The van der Waals surface area contributed by atoms with Gasteiger partial charge in [-0.2, -0.15) is 18.3 Å². The first-order chi connectivity index (χ1) is 14.7. The zero-order valence-corrected chi connectivity index (χ0v) is 17.3. The number of amides is 1. The Hall–Kier alpha value is -2.59. The van der Waals surface area contributed by atoms with Crippen LogP contribution in [-0.4, -0.2) is 29.1 Å². The number of halogens is 4. The summed E-state index contributed by atoms with van der Waals surface area (Å²) in [6.45, 7) is 1.85. The number of benzene rings is 2.